The van der Waals surface area contributed by atoms with Crippen LogP contribution >= 0.6 is 0 Å². The van der Waals surface area contributed by atoms with Crippen LogP contribution in [-0.2, 0) is 0 Å². The van der Waals surface area contributed by atoms with Crippen LogP contribution in [0, 0.1) is 0 Å². The zero-order valence-electron chi connectivity index (χ0n) is 19.6. The van der Waals surface area contributed by atoms with Crippen molar-refractivity contribution in [3.05, 3.63) is 66.7 Å². The number of likely N-dealkylation sites (N-methyl/N-ethyl adjacent to an activating group) is 1. The molecule has 0 bridgehead atoms. The van der Waals surface area contributed by atoms with E-state index >= 15 is 0 Å². The summed E-state index contributed by atoms with van der Waals surface area (Å²) in [6, 6.07) is 13.8. The second kappa shape index (κ2) is 10.1. The molecule has 180 valence electrons. The number of carbonyl (C=O) groups excluding carboxylic acids is 1. The van der Waals surface area contributed by atoms with Gasteiger partial charge in [0, 0.05) is 74.7 Å². The quantitative estimate of drug-likeness (QED) is 0.449. The SMILES string of the molecule is C.CN1CCN(C(=O)c2cccc(-c3ncnc4ccc(-c5cnc(N(C)C)nc5)cc34)c2)CC1. The van der Waals surface area contributed by atoms with E-state index in [1.54, 1.807) is 6.33 Å². The molecule has 0 unspecified atom stereocenters. The largest absolute Gasteiger partial charge is 0.347 e. The summed E-state index contributed by atoms with van der Waals surface area (Å²) >= 11 is 0. The average Bonchev–Trinajstić information content (AvgIpc) is 2.88. The molecule has 1 fully saturated rings. The van der Waals surface area contributed by atoms with Gasteiger partial charge in [-0.15, -0.1) is 0 Å². The van der Waals surface area contributed by atoms with Crippen molar-refractivity contribution in [1.82, 2.24) is 29.7 Å². The minimum absolute atomic E-state index is 0. The van der Waals surface area contributed by atoms with E-state index in [9.17, 15) is 4.79 Å². The lowest BCUT2D eigenvalue weighted by Gasteiger charge is -2.32. The molecule has 3 heterocycles. The van der Waals surface area contributed by atoms with E-state index in [2.05, 4.69) is 37.9 Å². The first kappa shape index (κ1) is 24.2. The predicted octanol–water partition coefficient (Wildman–Crippen LogP) is 3.84. The van der Waals surface area contributed by atoms with Crippen molar-refractivity contribution < 1.29 is 4.79 Å². The van der Waals surface area contributed by atoms with Gasteiger partial charge in [0.05, 0.1) is 11.2 Å². The molecular formula is C27H31N7O. The average molecular weight is 470 g/mol. The highest BCUT2D eigenvalue weighted by atomic mass is 16.2. The molecule has 0 N–H and O–H groups in total. The number of anilines is 1. The van der Waals surface area contributed by atoms with Gasteiger partial charge in [-0.25, -0.2) is 19.9 Å². The summed E-state index contributed by atoms with van der Waals surface area (Å²) in [5, 5.41) is 0.917. The van der Waals surface area contributed by atoms with Crippen LogP contribution < -0.4 is 4.90 Å². The topological polar surface area (TPSA) is 78.3 Å². The molecule has 0 spiro atoms. The van der Waals surface area contributed by atoms with Crippen LogP contribution in [0.15, 0.2) is 61.2 Å². The monoisotopic (exact) mass is 469 g/mol. The number of fused-ring (bicyclic) bond motifs is 1. The molecular weight excluding hydrogens is 438 g/mol. The first-order valence-corrected chi connectivity index (χ1v) is 11.3. The zero-order chi connectivity index (χ0) is 23.7. The molecule has 1 saturated heterocycles. The summed E-state index contributed by atoms with van der Waals surface area (Å²) in [5.41, 5.74) is 5.11. The highest BCUT2D eigenvalue weighted by Gasteiger charge is 2.21. The van der Waals surface area contributed by atoms with E-state index in [4.69, 9.17) is 0 Å². The Hall–Kier alpha value is -3.91. The number of rotatable bonds is 4. The summed E-state index contributed by atoms with van der Waals surface area (Å²) in [5.74, 6) is 0.725. The normalized spacial score (nSPS) is 14.0. The highest BCUT2D eigenvalue weighted by molar-refractivity contribution is 5.98. The van der Waals surface area contributed by atoms with Crippen LogP contribution in [-0.4, -0.2) is 83.0 Å². The van der Waals surface area contributed by atoms with Gasteiger partial charge in [-0.05, 0) is 36.9 Å². The minimum atomic E-state index is 0. The van der Waals surface area contributed by atoms with Crippen molar-refractivity contribution >= 4 is 22.8 Å². The van der Waals surface area contributed by atoms with Gasteiger partial charge in [-0.2, -0.15) is 0 Å². The maximum absolute atomic E-state index is 13.1. The Morgan fingerprint density at radius 3 is 2.31 bits per heavy atom. The Balaban J connectivity index is 0.00000289. The number of carbonyl (C=O) groups is 1. The maximum atomic E-state index is 13.1. The molecule has 0 saturated carbocycles. The van der Waals surface area contributed by atoms with E-state index < -0.39 is 0 Å². The number of piperazine rings is 1. The van der Waals surface area contributed by atoms with Crippen LogP contribution in [0.3, 0.4) is 0 Å². The van der Waals surface area contributed by atoms with Crippen molar-refractivity contribution in [3.63, 3.8) is 0 Å². The Labute approximate surface area is 206 Å². The predicted molar refractivity (Wildman–Crippen MR) is 140 cm³/mol. The number of amides is 1. The molecule has 1 aliphatic rings. The Morgan fingerprint density at radius 2 is 1.60 bits per heavy atom. The molecule has 8 heteroatoms. The zero-order valence-corrected chi connectivity index (χ0v) is 19.6. The van der Waals surface area contributed by atoms with Crippen LogP contribution in [0.2, 0.25) is 0 Å². The van der Waals surface area contributed by atoms with Gasteiger partial charge in [-0.3, -0.25) is 4.79 Å². The summed E-state index contributed by atoms with van der Waals surface area (Å²) in [6.45, 7) is 3.27. The molecule has 35 heavy (non-hydrogen) atoms. The molecule has 1 amide bonds. The molecule has 8 nitrogen and oxygen atoms in total. The molecule has 1 aliphatic heterocycles. The number of aromatic nitrogens is 4. The number of benzene rings is 2. The fourth-order valence-corrected chi connectivity index (χ4v) is 4.16. The number of nitrogens with zero attached hydrogens (tertiary/aromatic N) is 7. The Morgan fingerprint density at radius 1 is 0.857 bits per heavy atom. The fraction of sp³-hybridized carbons (Fsp3) is 0.296. The van der Waals surface area contributed by atoms with E-state index in [1.807, 2.05) is 72.7 Å². The Kier molecular flexibility index (Phi) is 7.02. The fourth-order valence-electron chi connectivity index (χ4n) is 4.16. The van der Waals surface area contributed by atoms with Crippen molar-refractivity contribution in [3.8, 4) is 22.4 Å². The summed E-state index contributed by atoms with van der Waals surface area (Å²) in [7, 11) is 5.91. The molecule has 2 aromatic carbocycles. The minimum Gasteiger partial charge on any atom is -0.347 e. The van der Waals surface area contributed by atoms with Gasteiger partial charge in [0.25, 0.3) is 5.91 Å². The lowest BCUT2D eigenvalue weighted by molar-refractivity contribution is 0.0664. The Bertz CT molecular complexity index is 1330. The van der Waals surface area contributed by atoms with Crippen molar-refractivity contribution in [1.29, 1.82) is 0 Å². The first-order chi connectivity index (χ1) is 16.5. The molecule has 2 aromatic heterocycles. The smallest absolute Gasteiger partial charge is 0.253 e. The van der Waals surface area contributed by atoms with E-state index in [-0.39, 0.29) is 13.3 Å². The molecule has 0 atom stereocenters. The molecule has 4 aromatic rings. The standard InChI is InChI=1S/C26H27N7O.CH4/c1-31(2)26-27-15-21(16-28-26)18-7-8-23-22(14-18)24(30-17-29-23)19-5-4-6-20(13-19)25(34)33-11-9-32(3)10-12-33;/h4-8,13-17H,9-12H2,1-3H3;1H4. The molecule has 0 radical (unpaired) electrons. The van der Waals surface area contributed by atoms with Crippen LogP contribution in [0.5, 0.6) is 0 Å². The van der Waals surface area contributed by atoms with Crippen molar-refractivity contribution in [2.45, 2.75) is 7.43 Å². The molecule has 0 aliphatic carbocycles. The maximum Gasteiger partial charge on any atom is 0.253 e. The number of hydrogen-bond acceptors (Lipinski definition) is 7. The third-order valence-electron chi connectivity index (χ3n) is 6.18. The lowest BCUT2D eigenvalue weighted by Crippen LogP contribution is -2.47. The van der Waals surface area contributed by atoms with Gasteiger partial charge in [-0.1, -0.05) is 25.6 Å². The molecule has 5 rings (SSSR count). The summed E-state index contributed by atoms with van der Waals surface area (Å²) < 4.78 is 0. The summed E-state index contributed by atoms with van der Waals surface area (Å²) in [4.78, 5) is 37.1. The van der Waals surface area contributed by atoms with Crippen molar-refractivity contribution in [2.24, 2.45) is 0 Å². The third-order valence-corrected chi connectivity index (χ3v) is 6.18. The van der Waals surface area contributed by atoms with Gasteiger partial charge in [0.2, 0.25) is 5.95 Å². The van der Waals surface area contributed by atoms with Gasteiger partial charge < -0.3 is 14.7 Å². The van der Waals surface area contributed by atoms with Gasteiger partial charge in [0.15, 0.2) is 0 Å². The second-order valence-electron chi connectivity index (χ2n) is 8.80. The van der Waals surface area contributed by atoms with E-state index in [0.29, 0.717) is 11.5 Å². The van der Waals surface area contributed by atoms with E-state index in [1.165, 1.54) is 0 Å². The van der Waals surface area contributed by atoms with Gasteiger partial charge >= 0.3 is 0 Å². The third kappa shape index (κ3) is 4.97. The first-order valence-electron chi connectivity index (χ1n) is 11.3. The summed E-state index contributed by atoms with van der Waals surface area (Å²) in [6.07, 6.45) is 5.21. The van der Waals surface area contributed by atoms with Crippen LogP contribution in [0.4, 0.5) is 5.95 Å². The van der Waals surface area contributed by atoms with Gasteiger partial charge in [0.1, 0.15) is 6.33 Å². The van der Waals surface area contributed by atoms with E-state index in [0.717, 1.165) is 59.5 Å². The highest BCUT2D eigenvalue weighted by Crippen LogP contribution is 2.30. The van der Waals surface area contributed by atoms with Crippen LogP contribution in [0.25, 0.3) is 33.3 Å². The lowest BCUT2D eigenvalue weighted by atomic mass is 10.0. The van der Waals surface area contributed by atoms with Crippen molar-refractivity contribution in [2.75, 3.05) is 52.2 Å². The number of hydrogen-bond donors (Lipinski definition) is 0. The second-order valence-corrected chi connectivity index (χ2v) is 8.80. The van der Waals surface area contributed by atoms with Crippen LogP contribution in [0.1, 0.15) is 17.8 Å².